The number of H-pyrrole nitrogens is 1. The molecule has 0 aliphatic heterocycles. The predicted octanol–water partition coefficient (Wildman–Crippen LogP) is 3.03. The maximum absolute atomic E-state index is 12.2. The standard InChI is InChI=1S/C17H24N4O.ClH/c22-17(16-14-9-5-6-10-15(14)20-21-16)19-12-11-18-13-7-3-1-2-4-8-13;/h5-6,9-10,13,18H,1-4,7-8,11-12H2,(H,19,22)(H,20,21);1H. The number of para-hydroxylation sites is 1. The van der Waals surface area contributed by atoms with Crippen molar-refractivity contribution in [2.75, 3.05) is 13.1 Å². The summed E-state index contributed by atoms with van der Waals surface area (Å²) < 4.78 is 0. The largest absolute Gasteiger partial charge is 0.349 e. The van der Waals surface area contributed by atoms with Crippen LogP contribution in [0.15, 0.2) is 24.3 Å². The Balaban J connectivity index is 0.00000192. The Hall–Kier alpha value is -1.59. The van der Waals surface area contributed by atoms with E-state index in [9.17, 15) is 4.79 Å². The highest BCUT2D eigenvalue weighted by Gasteiger charge is 2.14. The lowest BCUT2D eigenvalue weighted by molar-refractivity contribution is 0.0950. The van der Waals surface area contributed by atoms with Gasteiger partial charge in [0.1, 0.15) is 0 Å². The molecule has 2 aromatic rings. The fraction of sp³-hybridized carbons (Fsp3) is 0.529. The van der Waals surface area contributed by atoms with Gasteiger partial charge in [0, 0.05) is 24.5 Å². The van der Waals surface area contributed by atoms with Crippen LogP contribution >= 0.6 is 12.4 Å². The zero-order valence-electron chi connectivity index (χ0n) is 13.3. The molecule has 1 amide bonds. The number of nitrogens with one attached hydrogen (secondary N) is 3. The highest BCUT2D eigenvalue weighted by Crippen LogP contribution is 2.17. The number of hydrogen-bond acceptors (Lipinski definition) is 3. The molecule has 0 radical (unpaired) electrons. The minimum absolute atomic E-state index is 0. The Labute approximate surface area is 143 Å². The first-order valence-corrected chi connectivity index (χ1v) is 8.29. The van der Waals surface area contributed by atoms with Crippen LogP contribution in [-0.2, 0) is 0 Å². The van der Waals surface area contributed by atoms with Crippen molar-refractivity contribution >= 4 is 29.2 Å². The van der Waals surface area contributed by atoms with Crippen molar-refractivity contribution in [2.24, 2.45) is 0 Å². The molecule has 3 N–H and O–H groups in total. The molecule has 1 saturated carbocycles. The molecule has 23 heavy (non-hydrogen) atoms. The maximum Gasteiger partial charge on any atom is 0.272 e. The van der Waals surface area contributed by atoms with E-state index in [-0.39, 0.29) is 18.3 Å². The van der Waals surface area contributed by atoms with E-state index in [4.69, 9.17) is 0 Å². The van der Waals surface area contributed by atoms with E-state index in [0.29, 0.717) is 18.3 Å². The molecule has 1 aliphatic rings. The summed E-state index contributed by atoms with van der Waals surface area (Å²) >= 11 is 0. The van der Waals surface area contributed by atoms with Crippen LogP contribution in [-0.4, -0.2) is 35.2 Å². The van der Waals surface area contributed by atoms with Crippen molar-refractivity contribution in [1.29, 1.82) is 0 Å². The lowest BCUT2D eigenvalue weighted by atomic mass is 10.1. The molecule has 126 valence electrons. The molecule has 0 atom stereocenters. The van der Waals surface area contributed by atoms with Crippen molar-refractivity contribution in [3.8, 4) is 0 Å². The molecule has 1 aliphatic carbocycles. The number of carbonyl (C=O) groups is 1. The molecule has 0 bridgehead atoms. The Morgan fingerprint density at radius 2 is 1.87 bits per heavy atom. The van der Waals surface area contributed by atoms with Crippen LogP contribution in [0.1, 0.15) is 49.0 Å². The summed E-state index contributed by atoms with van der Waals surface area (Å²) in [5.41, 5.74) is 1.37. The summed E-state index contributed by atoms with van der Waals surface area (Å²) in [6, 6.07) is 8.30. The van der Waals surface area contributed by atoms with E-state index in [1.165, 1.54) is 38.5 Å². The van der Waals surface area contributed by atoms with Gasteiger partial charge >= 0.3 is 0 Å². The summed E-state index contributed by atoms with van der Waals surface area (Å²) in [6.07, 6.45) is 7.89. The molecule has 5 nitrogen and oxygen atoms in total. The number of rotatable bonds is 5. The zero-order valence-corrected chi connectivity index (χ0v) is 14.1. The number of fused-ring (bicyclic) bond motifs is 1. The van der Waals surface area contributed by atoms with E-state index < -0.39 is 0 Å². The highest BCUT2D eigenvalue weighted by molar-refractivity contribution is 6.04. The quantitative estimate of drug-likeness (QED) is 0.580. The number of aromatic nitrogens is 2. The van der Waals surface area contributed by atoms with Crippen LogP contribution in [0.25, 0.3) is 10.9 Å². The average molecular weight is 337 g/mol. The lowest BCUT2D eigenvalue weighted by Crippen LogP contribution is -2.37. The lowest BCUT2D eigenvalue weighted by Gasteiger charge is -2.16. The molecule has 1 aromatic carbocycles. The molecule has 6 heteroatoms. The second-order valence-corrected chi connectivity index (χ2v) is 6.02. The molecular formula is C17H25ClN4O. The Kier molecular flexibility index (Phi) is 6.86. The number of halogens is 1. The van der Waals surface area contributed by atoms with Crippen molar-refractivity contribution < 1.29 is 4.79 Å². The topological polar surface area (TPSA) is 69.8 Å². The molecule has 0 spiro atoms. The number of aromatic amines is 1. The minimum atomic E-state index is -0.111. The monoisotopic (exact) mass is 336 g/mol. The van der Waals surface area contributed by atoms with Crippen LogP contribution in [0.3, 0.4) is 0 Å². The second kappa shape index (κ2) is 8.89. The van der Waals surface area contributed by atoms with Gasteiger partial charge in [-0.1, -0.05) is 43.9 Å². The average Bonchev–Trinajstić information content (AvgIpc) is 2.80. The van der Waals surface area contributed by atoms with Gasteiger partial charge in [-0.3, -0.25) is 9.89 Å². The van der Waals surface area contributed by atoms with Crippen LogP contribution < -0.4 is 10.6 Å². The smallest absolute Gasteiger partial charge is 0.272 e. The number of benzene rings is 1. The van der Waals surface area contributed by atoms with Gasteiger partial charge in [-0.2, -0.15) is 5.10 Å². The number of carbonyl (C=O) groups excluding carboxylic acids is 1. The molecular weight excluding hydrogens is 312 g/mol. The van der Waals surface area contributed by atoms with Gasteiger partial charge in [0.15, 0.2) is 5.69 Å². The van der Waals surface area contributed by atoms with Crippen molar-refractivity contribution in [1.82, 2.24) is 20.8 Å². The van der Waals surface area contributed by atoms with Gasteiger partial charge in [0.25, 0.3) is 5.91 Å². The third-order valence-corrected chi connectivity index (χ3v) is 4.38. The fourth-order valence-electron chi connectivity index (χ4n) is 3.16. The van der Waals surface area contributed by atoms with E-state index in [1.54, 1.807) is 0 Å². The number of hydrogen-bond donors (Lipinski definition) is 3. The normalized spacial score (nSPS) is 15.8. The summed E-state index contributed by atoms with van der Waals surface area (Å²) in [6.45, 7) is 1.45. The van der Waals surface area contributed by atoms with E-state index in [2.05, 4.69) is 20.8 Å². The van der Waals surface area contributed by atoms with Gasteiger partial charge in [-0.25, -0.2) is 0 Å². The Morgan fingerprint density at radius 1 is 1.13 bits per heavy atom. The second-order valence-electron chi connectivity index (χ2n) is 6.02. The van der Waals surface area contributed by atoms with Crippen molar-refractivity contribution in [2.45, 2.75) is 44.6 Å². The predicted molar refractivity (Wildman–Crippen MR) is 95.2 cm³/mol. The van der Waals surface area contributed by atoms with Gasteiger partial charge in [0.2, 0.25) is 0 Å². The first kappa shape index (κ1) is 17.8. The van der Waals surface area contributed by atoms with E-state index in [1.807, 2.05) is 24.3 Å². The van der Waals surface area contributed by atoms with Crippen LogP contribution in [0.2, 0.25) is 0 Å². The van der Waals surface area contributed by atoms with Gasteiger partial charge < -0.3 is 10.6 Å². The fourth-order valence-corrected chi connectivity index (χ4v) is 3.16. The number of amides is 1. The zero-order chi connectivity index (χ0) is 15.2. The van der Waals surface area contributed by atoms with Crippen LogP contribution in [0.4, 0.5) is 0 Å². The molecule has 0 unspecified atom stereocenters. The molecule has 1 fully saturated rings. The minimum Gasteiger partial charge on any atom is -0.349 e. The maximum atomic E-state index is 12.2. The van der Waals surface area contributed by atoms with Gasteiger partial charge in [-0.05, 0) is 18.9 Å². The van der Waals surface area contributed by atoms with Crippen LogP contribution in [0, 0.1) is 0 Å². The van der Waals surface area contributed by atoms with Gasteiger partial charge in [0.05, 0.1) is 5.52 Å². The number of nitrogens with zero attached hydrogens (tertiary/aromatic N) is 1. The van der Waals surface area contributed by atoms with E-state index >= 15 is 0 Å². The van der Waals surface area contributed by atoms with Gasteiger partial charge in [-0.15, -0.1) is 12.4 Å². The molecule has 0 saturated heterocycles. The summed E-state index contributed by atoms with van der Waals surface area (Å²) in [5, 5.41) is 14.4. The van der Waals surface area contributed by atoms with E-state index in [0.717, 1.165) is 17.4 Å². The first-order valence-electron chi connectivity index (χ1n) is 8.29. The summed E-state index contributed by atoms with van der Waals surface area (Å²) in [4.78, 5) is 12.2. The Bertz CT molecular complexity index is 620. The highest BCUT2D eigenvalue weighted by atomic mass is 35.5. The summed E-state index contributed by atoms with van der Waals surface area (Å²) in [5.74, 6) is -0.111. The molecule has 1 aromatic heterocycles. The Morgan fingerprint density at radius 3 is 2.65 bits per heavy atom. The SMILES string of the molecule is Cl.O=C(NCCNC1CCCCCC1)c1n[nH]c2ccccc12. The molecule has 1 heterocycles. The van der Waals surface area contributed by atoms with Crippen molar-refractivity contribution in [3.63, 3.8) is 0 Å². The molecule has 3 rings (SSSR count). The summed E-state index contributed by atoms with van der Waals surface area (Å²) in [7, 11) is 0. The van der Waals surface area contributed by atoms with Crippen molar-refractivity contribution in [3.05, 3.63) is 30.0 Å². The first-order chi connectivity index (χ1) is 10.8. The third-order valence-electron chi connectivity index (χ3n) is 4.38. The van der Waals surface area contributed by atoms with Crippen LogP contribution in [0.5, 0.6) is 0 Å². The third kappa shape index (κ3) is 4.69.